The summed E-state index contributed by atoms with van der Waals surface area (Å²) in [5.74, 6) is -0.0486. The van der Waals surface area contributed by atoms with E-state index in [2.05, 4.69) is 27.7 Å². The molecule has 0 bridgehead atoms. The van der Waals surface area contributed by atoms with Gasteiger partial charge in [-0.05, 0) is 55.5 Å². The lowest BCUT2D eigenvalue weighted by molar-refractivity contribution is -0.117. The first-order valence-electron chi connectivity index (χ1n) is 10.4. The molecule has 1 aliphatic carbocycles. The fourth-order valence-corrected chi connectivity index (χ4v) is 6.20. The number of anilines is 1. The number of nitrogens with zero attached hydrogens (tertiary/aromatic N) is 2. The number of fused-ring (bicyclic) bond motifs is 1. The van der Waals surface area contributed by atoms with Gasteiger partial charge in [-0.3, -0.25) is 9.69 Å². The molecule has 0 saturated carbocycles. The Morgan fingerprint density at radius 3 is 2.97 bits per heavy atom. The summed E-state index contributed by atoms with van der Waals surface area (Å²) in [5.41, 5.74) is 1.85. The van der Waals surface area contributed by atoms with E-state index in [0.29, 0.717) is 12.1 Å². The van der Waals surface area contributed by atoms with Crippen LogP contribution < -0.4 is 5.32 Å². The molecule has 7 heteroatoms. The molecule has 5 nitrogen and oxygen atoms in total. The monoisotopic (exact) mass is 429 g/mol. The molecule has 1 aliphatic heterocycles. The van der Waals surface area contributed by atoms with Crippen molar-refractivity contribution in [3.05, 3.63) is 38.4 Å². The Hall–Kier alpha value is -1.72. The highest BCUT2D eigenvalue weighted by Crippen LogP contribution is 2.37. The lowest BCUT2D eigenvalue weighted by Gasteiger charge is -2.24. The van der Waals surface area contributed by atoms with Crippen LogP contribution in [0.2, 0.25) is 0 Å². The number of rotatable bonds is 7. The number of hydrogen-bond acceptors (Lipinski definition) is 6. The molecule has 3 heterocycles. The summed E-state index contributed by atoms with van der Waals surface area (Å²) in [4.78, 5) is 17.6. The van der Waals surface area contributed by atoms with Crippen molar-refractivity contribution in [3.63, 3.8) is 0 Å². The van der Waals surface area contributed by atoms with Crippen LogP contribution in [-0.4, -0.2) is 36.6 Å². The average Bonchev–Trinajstić information content (AvgIpc) is 3.42. The van der Waals surface area contributed by atoms with Gasteiger partial charge in [0, 0.05) is 29.5 Å². The number of amides is 1. The van der Waals surface area contributed by atoms with Crippen molar-refractivity contribution in [1.29, 1.82) is 5.26 Å². The van der Waals surface area contributed by atoms with Crippen molar-refractivity contribution in [3.8, 4) is 6.07 Å². The van der Waals surface area contributed by atoms with Crippen molar-refractivity contribution < 1.29 is 9.53 Å². The first-order valence-corrected chi connectivity index (χ1v) is 12.1. The number of nitrogens with one attached hydrogen (secondary N) is 1. The van der Waals surface area contributed by atoms with E-state index in [1.54, 1.807) is 22.7 Å². The quantitative estimate of drug-likeness (QED) is 0.655. The van der Waals surface area contributed by atoms with Gasteiger partial charge in [0.05, 0.1) is 18.2 Å². The second-order valence-electron chi connectivity index (χ2n) is 7.81. The van der Waals surface area contributed by atoms with Gasteiger partial charge in [-0.25, -0.2) is 0 Å². The Balaban J connectivity index is 1.44. The van der Waals surface area contributed by atoms with Crippen LogP contribution in [0.4, 0.5) is 5.00 Å². The molecule has 2 aliphatic rings. The Morgan fingerprint density at radius 1 is 1.31 bits per heavy atom. The lowest BCUT2D eigenvalue weighted by Crippen LogP contribution is -2.37. The average molecular weight is 430 g/mol. The summed E-state index contributed by atoms with van der Waals surface area (Å²) in [7, 11) is 0. The van der Waals surface area contributed by atoms with Gasteiger partial charge < -0.3 is 10.1 Å². The van der Waals surface area contributed by atoms with Gasteiger partial charge in [0.15, 0.2) is 0 Å². The predicted octanol–water partition coefficient (Wildman–Crippen LogP) is 4.57. The molecule has 29 heavy (non-hydrogen) atoms. The van der Waals surface area contributed by atoms with Gasteiger partial charge in [0.25, 0.3) is 0 Å². The molecule has 1 saturated heterocycles. The van der Waals surface area contributed by atoms with Crippen LogP contribution in [0.15, 0.2) is 17.5 Å². The van der Waals surface area contributed by atoms with Gasteiger partial charge in [-0.2, -0.15) is 5.26 Å². The number of thiophene rings is 2. The molecular formula is C22H27N3O2S2. The maximum absolute atomic E-state index is 12.9. The maximum atomic E-state index is 12.9. The molecule has 0 spiro atoms. The van der Waals surface area contributed by atoms with Crippen LogP contribution in [0.3, 0.4) is 0 Å². The van der Waals surface area contributed by atoms with Crippen LogP contribution in [-0.2, 0) is 28.9 Å². The Bertz CT molecular complexity index is 863. The van der Waals surface area contributed by atoms with Crippen LogP contribution in [0, 0.1) is 11.3 Å². The van der Waals surface area contributed by atoms with E-state index < -0.39 is 0 Å². The minimum Gasteiger partial charge on any atom is -0.377 e. The van der Waals surface area contributed by atoms with Crippen LogP contribution >= 0.6 is 22.7 Å². The van der Waals surface area contributed by atoms with Crippen LogP contribution in [0.5, 0.6) is 0 Å². The third-order valence-electron chi connectivity index (χ3n) is 5.60. The molecule has 1 N–H and O–H groups in total. The van der Waals surface area contributed by atoms with Crippen LogP contribution in [0.1, 0.15) is 53.0 Å². The second-order valence-corrected chi connectivity index (χ2v) is 9.95. The minimum absolute atomic E-state index is 0.0486. The second kappa shape index (κ2) is 9.86. The van der Waals surface area contributed by atoms with Gasteiger partial charge in [0.2, 0.25) is 5.91 Å². The van der Waals surface area contributed by atoms with E-state index in [-0.39, 0.29) is 12.0 Å². The summed E-state index contributed by atoms with van der Waals surface area (Å²) < 4.78 is 5.79. The molecule has 0 aromatic carbocycles. The first kappa shape index (κ1) is 20.5. The highest BCUT2D eigenvalue weighted by Gasteiger charge is 2.24. The number of nitriles is 1. The third kappa shape index (κ3) is 5.26. The summed E-state index contributed by atoms with van der Waals surface area (Å²) in [5, 5.41) is 15.5. The zero-order valence-corrected chi connectivity index (χ0v) is 18.2. The topological polar surface area (TPSA) is 65.4 Å². The van der Waals surface area contributed by atoms with E-state index in [4.69, 9.17) is 4.74 Å². The summed E-state index contributed by atoms with van der Waals surface area (Å²) >= 11 is 3.31. The molecule has 0 radical (unpaired) electrons. The van der Waals surface area contributed by atoms with E-state index in [1.807, 2.05) is 6.07 Å². The highest BCUT2D eigenvalue weighted by molar-refractivity contribution is 7.16. The maximum Gasteiger partial charge on any atom is 0.239 e. The van der Waals surface area contributed by atoms with Gasteiger partial charge in [-0.15, -0.1) is 22.7 Å². The Labute approximate surface area is 180 Å². The zero-order chi connectivity index (χ0) is 20.1. The molecule has 2 aromatic rings. The van der Waals surface area contributed by atoms with E-state index >= 15 is 0 Å². The van der Waals surface area contributed by atoms with Crippen molar-refractivity contribution in [2.24, 2.45) is 0 Å². The summed E-state index contributed by atoms with van der Waals surface area (Å²) in [6.07, 6.45) is 7.84. The number of aryl methyl sites for hydroxylation is 1. The molecule has 154 valence electrons. The van der Waals surface area contributed by atoms with Gasteiger partial charge in [-0.1, -0.05) is 12.5 Å². The molecular weight excluding hydrogens is 402 g/mol. The lowest BCUT2D eigenvalue weighted by atomic mass is 10.1. The van der Waals surface area contributed by atoms with Crippen molar-refractivity contribution in [1.82, 2.24) is 4.90 Å². The minimum atomic E-state index is -0.0486. The smallest absolute Gasteiger partial charge is 0.239 e. The molecule has 1 unspecified atom stereocenters. The molecule has 2 aromatic heterocycles. The predicted molar refractivity (Wildman–Crippen MR) is 117 cm³/mol. The Kier molecular flexibility index (Phi) is 6.98. The van der Waals surface area contributed by atoms with E-state index in [9.17, 15) is 10.1 Å². The normalized spacial score (nSPS) is 19.0. The van der Waals surface area contributed by atoms with E-state index in [1.165, 1.54) is 28.2 Å². The SMILES string of the molecule is N#Cc1c(NC(=O)CN(Cc2cccs2)CC2CCCO2)sc2c1CCCCC2. The van der Waals surface area contributed by atoms with Gasteiger partial charge in [0.1, 0.15) is 11.1 Å². The zero-order valence-electron chi connectivity index (χ0n) is 16.6. The van der Waals surface area contributed by atoms with Crippen LogP contribution in [0.25, 0.3) is 0 Å². The number of carbonyl (C=O) groups excluding carboxylic acids is 1. The number of hydrogen-bond donors (Lipinski definition) is 1. The number of ether oxygens (including phenoxy) is 1. The van der Waals surface area contributed by atoms with Crippen molar-refractivity contribution in [2.45, 2.75) is 57.6 Å². The molecule has 4 rings (SSSR count). The largest absolute Gasteiger partial charge is 0.377 e. The third-order valence-corrected chi connectivity index (χ3v) is 7.67. The molecule has 1 atom stereocenters. The highest BCUT2D eigenvalue weighted by atomic mass is 32.1. The standard InChI is InChI=1S/C22H27N3O2S2/c23-12-19-18-8-2-1-3-9-20(18)29-22(19)24-21(26)15-25(13-16-6-4-10-27-16)14-17-7-5-11-28-17/h5,7,11,16H,1-4,6,8-10,13-15H2,(H,24,26). The van der Waals surface area contributed by atoms with Crippen molar-refractivity contribution >= 4 is 33.6 Å². The Morgan fingerprint density at radius 2 is 2.21 bits per heavy atom. The first-order chi connectivity index (χ1) is 14.2. The summed E-state index contributed by atoms with van der Waals surface area (Å²) in [6, 6.07) is 6.50. The fraction of sp³-hybridized carbons (Fsp3) is 0.545. The number of carbonyl (C=O) groups is 1. The summed E-state index contributed by atoms with van der Waals surface area (Å²) in [6.45, 7) is 2.63. The fourth-order valence-electron chi connectivity index (χ4n) is 4.20. The van der Waals surface area contributed by atoms with Crippen molar-refractivity contribution in [2.75, 3.05) is 25.0 Å². The molecule has 1 amide bonds. The van der Waals surface area contributed by atoms with Gasteiger partial charge >= 0.3 is 0 Å². The molecule has 1 fully saturated rings. The van der Waals surface area contributed by atoms with E-state index in [0.717, 1.165) is 56.8 Å².